The summed E-state index contributed by atoms with van der Waals surface area (Å²) in [7, 11) is -0.803. The molecule has 0 bridgehead atoms. The Morgan fingerprint density at radius 1 is 1.44 bits per heavy atom. The van der Waals surface area contributed by atoms with Crippen molar-refractivity contribution >= 4 is 10.8 Å². The molecule has 0 aliphatic carbocycles. The minimum atomic E-state index is -0.803. The Morgan fingerprint density at radius 3 is 2.62 bits per heavy atom. The third-order valence-electron chi connectivity index (χ3n) is 2.31. The van der Waals surface area contributed by atoms with Crippen LogP contribution < -0.4 is 0 Å². The van der Waals surface area contributed by atoms with Crippen molar-refractivity contribution in [1.82, 2.24) is 0 Å². The first-order valence-corrected chi connectivity index (χ1v) is 6.86. The van der Waals surface area contributed by atoms with Crippen molar-refractivity contribution in [2.24, 2.45) is 5.92 Å². The number of hydrogen-bond acceptors (Lipinski definition) is 2. The van der Waals surface area contributed by atoms with Gasteiger partial charge in [0.1, 0.15) is 0 Å². The van der Waals surface area contributed by atoms with E-state index in [1.165, 1.54) is 0 Å². The summed E-state index contributed by atoms with van der Waals surface area (Å²) < 4.78 is 11.8. The van der Waals surface area contributed by atoms with Gasteiger partial charge >= 0.3 is 0 Å². The second kappa shape index (κ2) is 5.81. The van der Waals surface area contributed by atoms with Crippen LogP contribution in [0.15, 0.2) is 18.2 Å². The van der Waals surface area contributed by atoms with Gasteiger partial charge in [-0.05, 0) is 36.1 Å². The molecule has 3 heteroatoms. The first-order valence-electron chi connectivity index (χ1n) is 5.37. The van der Waals surface area contributed by atoms with E-state index in [0.29, 0.717) is 17.2 Å². The summed E-state index contributed by atoms with van der Waals surface area (Å²) in [5.41, 5.74) is 2.80. The quantitative estimate of drug-likeness (QED) is 0.805. The van der Waals surface area contributed by atoms with E-state index in [4.69, 9.17) is 5.26 Å². The molecular weight excluding hydrogens is 218 g/mol. The fourth-order valence-corrected chi connectivity index (χ4v) is 3.06. The summed E-state index contributed by atoms with van der Waals surface area (Å²) in [5, 5.41) is 8.74. The van der Waals surface area contributed by atoms with E-state index >= 15 is 0 Å². The largest absolute Gasteiger partial charge is 0.259 e. The van der Waals surface area contributed by atoms with Crippen LogP contribution in [0, 0.1) is 24.2 Å². The standard InChI is InChI=1S/C13H17NOS/c1-10(2)8-16(15)9-13-5-4-12(7-14)6-11(13)3/h4-6,10H,8-9H2,1-3H3. The van der Waals surface area contributed by atoms with Gasteiger partial charge in [-0.25, -0.2) is 0 Å². The van der Waals surface area contributed by atoms with Crippen LogP contribution in [0.4, 0.5) is 0 Å². The predicted octanol–water partition coefficient (Wildman–Crippen LogP) is 2.77. The van der Waals surface area contributed by atoms with E-state index in [-0.39, 0.29) is 0 Å². The molecule has 0 saturated heterocycles. The maximum Gasteiger partial charge on any atom is 0.0991 e. The average molecular weight is 235 g/mol. The molecule has 0 aromatic heterocycles. The molecule has 86 valence electrons. The fraction of sp³-hybridized carbons (Fsp3) is 0.462. The van der Waals surface area contributed by atoms with E-state index in [2.05, 4.69) is 19.9 Å². The van der Waals surface area contributed by atoms with Gasteiger partial charge in [-0.1, -0.05) is 19.9 Å². The number of nitriles is 1. The van der Waals surface area contributed by atoms with Crippen LogP contribution in [0.3, 0.4) is 0 Å². The Kier molecular flexibility index (Phi) is 4.70. The topological polar surface area (TPSA) is 40.9 Å². The van der Waals surface area contributed by atoms with Gasteiger partial charge in [0, 0.05) is 22.3 Å². The van der Waals surface area contributed by atoms with Crippen LogP contribution in [0.5, 0.6) is 0 Å². The normalized spacial score (nSPS) is 12.4. The maximum atomic E-state index is 11.8. The Labute approximate surface area is 99.8 Å². The molecule has 1 rings (SSSR count). The Morgan fingerprint density at radius 2 is 2.12 bits per heavy atom. The number of nitrogens with zero attached hydrogens (tertiary/aromatic N) is 1. The molecule has 0 aliphatic heterocycles. The van der Waals surface area contributed by atoms with Gasteiger partial charge in [0.15, 0.2) is 0 Å². The van der Waals surface area contributed by atoms with Crippen molar-refractivity contribution in [3.8, 4) is 6.07 Å². The molecular formula is C13H17NOS. The number of aryl methyl sites for hydroxylation is 1. The van der Waals surface area contributed by atoms with Crippen LogP contribution in [-0.2, 0) is 16.6 Å². The van der Waals surface area contributed by atoms with Gasteiger partial charge in [-0.3, -0.25) is 4.21 Å². The molecule has 0 amide bonds. The molecule has 0 N–H and O–H groups in total. The van der Waals surface area contributed by atoms with Crippen LogP contribution in [0.1, 0.15) is 30.5 Å². The lowest BCUT2D eigenvalue weighted by molar-refractivity contribution is 0.664. The van der Waals surface area contributed by atoms with Crippen molar-refractivity contribution in [2.75, 3.05) is 5.75 Å². The van der Waals surface area contributed by atoms with Gasteiger partial charge in [0.2, 0.25) is 0 Å². The lowest BCUT2D eigenvalue weighted by atomic mass is 10.1. The Bertz CT molecular complexity index is 432. The maximum absolute atomic E-state index is 11.8. The van der Waals surface area contributed by atoms with E-state index in [0.717, 1.165) is 16.9 Å². The van der Waals surface area contributed by atoms with E-state index < -0.39 is 10.8 Å². The third-order valence-corrected chi connectivity index (χ3v) is 3.98. The van der Waals surface area contributed by atoms with Crippen LogP contribution >= 0.6 is 0 Å². The summed E-state index contributed by atoms with van der Waals surface area (Å²) >= 11 is 0. The van der Waals surface area contributed by atoms with E-state index in [1.54, 1.807) is 6.07 Å². The van der Waals surface area contributed by atoms with Gasteiger partial charge < -0.3 is 0 Å². The minimum Gasteiger partial charge on any atom is -0.259 e. The molecule has 2 nitrogen and oxygen atoms in total. The monoisotopic (exact) mass is 235 g/mol. The summed E-state index contributed by atoms with van der Waals surface area (Å²) in [6.07, 6.45) is 0. The molecule has 0 aliphatic rings. The molecule has 1 aromatic carbocycles. The van der Waals surface area contributed by atoms with E-state index in [1.807, 2.05) is 19.1 Å². The van der Waals surface area contributed by atoms with Crippen molar-refractivity contribution in [3.05, 3.63) is 34.9 Å². The summed E-state index contributed by atoms with van der Waals surface area (Å²) in [6.45, 7) is 6.11. The van der Waals surface area contributed by atoms with Gasteiger partial charge in [0.25, 0.3) is 0 Å². The van der Waals surface area contributed by atoms with Crippen molar-refractivity contribution in [3.63, 3.8) is 0 Å². The van der Waals surface area contributed by atoms with Crippen LogP contribution in [-0.4, -0.2) is 9.96 Å². The molecule has 0 fully saturated rings. The Hall–Kier alpha value is -1.14. The second-order valence-electron chi connectivity index (χ2n) is 4.40. The zero-order valence-corrected chi connectivity index (χ0v) is 10.8. The minimum absolute atomic E-state index is 0.458. The molecule has 0 saturated carbocycles. The number of hydrogen-bond donors (Lipinski definition) is 0. The highest BCUT2D eigenvalue weighted by molar-refractivity contribution is 7.84. The van der Waals surface area contributed by atoms with Gasteiger partial charge in [-0.15, -0.1) is 0 Å². The molecule has 0 radical (unpaired) electrons. The SMILES string of the molecule is Cc1cc(C#N)ccc1CS(=O)CC(C)C. The lowest BCUT2D eigenvalue weighted by Crippen LogP contribution is -2.07. The molecule has 0 heterocycles. The van der Waals surface area contributed by atoms with Crippen molar-refractivity contribution < 1.29 is 4.21 Å². The second-order valence-corrected chi connectivity index (χ2v) is 5.90. The first kappa shape index (κ1) is 12.9. The summed E-state index contributed by atoms with van der Waals surface area (Å²) in [4.78, 5) is 0. The summed E-state index contributed by atoms with van der Waals surface area (Å²) in [6, 6.07) is 7.65. The Balaban J connectivity index is 2.75. The zero-order chi connectivity index (χ0) is 12.1. The number of rotatable bonds is 4. The van der Waals surface area contributed by atoms with Crippen molar-refractivity contribution in [1.29, 1.82) is 5.26 Å². The smallest absolute Gasteiger partial charge is 0.0991 e. The summed E-state index contributed by atoms with van der Waals surface area (Å²) in [5.74, 6) is 1.79. The zero-order valence-electron chi connectivity index (χ0n) is 9.99. The molecule has 1 aromatic rings. The first-order chi connectivity index (χ1) is 7.52. The predicted molar refractivity (Wildman–Crippen MR) is 67.4 cm³/mol. The van der Waals surface area contributed by atoms with Crippen molar-refractivity contribution in [2.45, 2.75) is 26.5 Å². The fourth-order valence-electron chi connectivity index (χ4n) is 1.53. The highest BCUT2D eigenvalue weighted by Crippen LogP contribution is 2.13. The molecule has 1 atom stereocenters. The highest BCUT2D eigenvalue weighted by atomic mass is 32.2. The average Bonchev–Trinajstić information content (AvgIpc) is 2.19. The molecule has 16 heavy (non-hydrogen) atoms. The van der Waals surface area contributed by atoms with Crippen LogP contribution in [0.25, 0.3) is 0 Å². The highest BCUT2D eigenvalue weighted by Gasteiger charge is 2.07. The van der Waals surface area contributed by atoms with Gasteiger partial charge in [0.05, 0.1) is 11.6 Å². The third kappa shape index (κ3) is 3.79. The van der Waals surface area contributed by atoms with E-state index in [9.17, 15) is 4.21 Å². The number of benzene rings is 1. The van der Waals surface area contributed by atoms with Crippen LogP contribution in [0.2, 0.25) is 0 Å². The van der Waals surface area contributed by atoms with Gasteiger partial charge in [-0.2, -0.15) is 5.26 Å². The molecule has 0 spiro atoms. The molecule has 1 unspecified atom stereocenters. The lowest BCUT2D eigenvalue weighted by Gasteiger charge is -2.08.